The smallest absolute Gasteiger partial charge is 0.0799 e. The van der Waals surface area contributed by atoms with Crippen LogP contribution in [0, 0.1) is 5.92 Å². The third-order valence-electron chi connectivity index (χ3n) is 4.57. The Morgan fingerprint density at radius 2 is 1.58 bits per heavy atom. The Kier molecular flexibility index (Phi) is 13.7. The van der Waals surface area contributed by atoms with Crippen LogP contribution in [0.4, 0.5) is 0 Å². The highest BCUT2D eigenvalue weighted by molar-refractivity contribution is 4.62. The Morgan fingerprint density at radius 1 is 0.895 bits per heavy atom. The maximum absolute atomic E-state index is 2.31. The molecule has 2 unspecified atom stereocenters. The standard InChI is InChI=1S/C17H35N.BrH/c1-3-5-7-9-12-17-13-11-15-18(16-17)14-10-8-6-4-2;/h17H,3-16H2,1-2H3;1H. The van der Waals surface area contributed by atoms with E-state index in [0.29, 0.717) is 0 Å². The minimum atomic E-state index is 0. The van der Waals surface area contributed by atoms with Crippen molar-refractivity contribution in [3.05, 3.63) is 0 Å². The van der Waals surface area contributed by atoms with Crippen LogP contribution >= 0.6 is 0 Å². The van der Waals surface area contributed by atoms with Crippen molar-refractivity contribution >= 4 is 0 Å². The summed E-state index contributed by atoms with van der Waals surface area (Å²) < 4.78 is 0. The van der Waals surface area contributed by atoms with Gasteiger partial charge >= 0.3 is 0 Å². The molecule has 1 saturated heterocycles. The highest BCUT2D eigenvalue weighted by atomic mass is 79.9. The Labute approximate surface area is 132 Å². The van der Waals surface area contributed by atoms with Crippen molar-refractivity contribution in [2.24, 2.45) is 5.92 Å². The molecule has 0 spiro atoms. The first-order chi connectivity index (χ1) is 8.86. The fourth-order valence-electron chi connectivity index (χ4n) is 3.39. The molecular formula is C17H36BrN. The molecule has 1 fully saturated rings. The molecule has 19 heavy (non-hydrogen) atoms. The van der Waals surface area contributed by atoms with Crippen molar-refractivity contribution < 1.29 is 21.9 Å². The van der Waals surface area contributed by atoms with Crippen LogP contribution in [0.2, 0.25) is 0 Å². The molecule has 0 saturated carbocycles. The predicted molar refractivity (Wildman–Crippen MR) is 81.2 cm³/mol. The van der Waals surface area contributed by atoms with Gasteiger partial charge < -0.3 is 21.9 Å². The molecule has 1 nitrogen and oxygen atoms in total. The Hall–Kier alpha value is 0.440. The van der Waals surface area contributed by atoms with E-state index >= 15 is 0 Å². The zero-order valence-electron chi connectivity index (χ0n) is 13.4. The molecule has 0 bridgehead atoms. The van der Waals surface area contributed by atoms with Crippen molar-refractivity contribution in [1.82, 2.24) is 0 Å². The van der Waals surface area contributed by atoms with Crippen LogP contribution in [0.15, 0.2) is 0 Å². The maximum atomic E-state index is 2.31. The molecule has 1 rings (SSSR count). The average Bonchev–Trinajstić information content (AvgIpc) is 2.40. The summed E-state index contributed by atoms with van der Waals surface area (Å²) >= 11 is 0. The van der Waals surface area contributed by atoms with Gasteiger partial charge in [0.1, 0.15) is 0 Å². The fraction of sp³-hybridized carbons (Fsp3) is 1.00. The molecule has 1 N–H and O–H groups in total. The van der Waals surface area contributed by atoms with Gasteiger partial charge in [0.15, 0.2) is 0 Å². The van der Waals surface area contributed by atoms with E-state index in [1.165, 1.54) is 90.3 Å². The second-order valence-electron chi connectivity index (χ2n) is 6.37. The SMILES string of the molecule is CCCCCCC1CCC[NH+](CCCCCC)C1.[Br-]. The van der Waals surface area contributed by atoms with Gasteiger partial charge in [0, 0.05) is 5.92 Å². The van der Waals surface area contributed by atoms with Crippen molar-refractivity contribution in [2.75, 3.05) is 19.6 Å². The lowest BCUT2D eigenvalue weighted by atomic mass is 9.92. The maximum Gasteiger partial charge on any atom is 0.0799 e. The van der Waals surface area contributed by atoms with Crippen LogP contribution in [0.5, 0.6) is 0 Å². The summed E-state index contributed by atoms with van der Waals surface area (Å²) in [6.45, 7) is 9.00. The molecule has 116 valence electrons. The molecule has 1 aliphatic heterocycles. The largest absolute Gasteiger partial charge is 1.00 e. The highest BCUT2D eigenvalue weighted by Crippen LogP contribution is 2.16. The fourth-order valence-corrected chi connectivity index (χ4v) is 3.39. The van der Waals surface area contributed by atoms with Gasteiger partial charge in [-0.1, -0.05) is 52.4 Å². The third kappa shape index (κ3) is 9.90. The highest BCUT2D eigenvalue weighted by Gasteiger charge is 2.21. The number of piperidine rings is 1. The van der Waals surface area contributed by atoms with E-state index < -0.39 is 0 Å². The predicted octanol–water partition coefficient (Wildman–Crippen LogP) is 0.836. The van der Waals surface area contributed by atoms with Gasteiger partial charge in [-0.3, -0.25) is 0 Å². The molecule has 0 aromatic heterocycles. The van der Waals surface area contributed by atoms with E-state index in [1.54, 1.807) is 0 Å². The summed E-state index contributed by atoms with van der Waals surface area (Å²) in [5.74, 6) is 1.05. The molecule has 0 amide bonds. The number of rotatable bonds is 10. The number of quaternary nitrogens is 1. The van der Waals surface area contributed by atoms with Crippen molar-refractivity contribution in [2.45, 2.75) is 84.5 Å². The van der Waals surface area contributed by atoms with Crippen molar-refractivity contribution in [3.8, 4) is 0 Å². The molecule has 0 radical (unpaired) electrons. The number of unbranched alkanes of at least 4 members (excludes halogenated alkanes) is 6. The minimum absolute atomic E-state index is 0. The first kappa shape index (κ1) is 19.4. The Bertz CT molecular complexity index is 166. The number of likely N-dealkylation sites (tertiary alicyclic amines) is 1. The normalized spacial score (nSPS) is 23.1. The van der Waals surface area contributed by atoms with Crippen LogP contribution < -0.4 is 21.9 Å². The molecular weight excluding hydrogens is 298 g/mol. The monoisotopic (exact) mass is 333 g/mol. The van der Waals surface area contributed by atoms with Crippen LogP contribution in [0.3, 0.4) is 0 Å². The topological polar surface area (TPSA) is 4.44 Å². The van der Waals surface area contributed by atoms with Gasteiger partial charge in [0.05, 0.1) is 19.6 Å². The van der Waals surface area contributed by atoms with Gasteiger partial charge in [-0.25, -0.2) is 0 Å². The van der Waals surface area contributed by atoms with E-state index in [2.05, 4.69) is 13.8 Å². The molecule has 0 aromatic rings. The Morgan fingerprint density at radius 3 is 2.26 bits per heavy atom. The average molecular weight is 334 g/mol. The van der Waals surface area contributed by atoms with E-state index in [9.17, 15) is 0 Å². The first-order valence-corrected chi connectivity index (χ1v) is 8.70. The lowest BCUT2D eigenvalue weighted by molar-refractivity contribution is -0.909. The van der Waals surface area contributed by atoms with Gasteiger partial charge in [0.25, 0.3) is 0 Å². The van der Waals surface area contributed by atoms with Crippen LogP contribution in [-0.2, 0) is 0 Å². The number of hydrogen-bond donors (Lipinski definition) is 1. The Balaban J connectivity index is 0.00000324. The van der Waals surface area contributed by atoms with E-state index in [4.69, 9.17) is 0 Å². The molecule has 0 aliphatic carbocycles. The van der Waals surface area contributed by atoms with Crippen LogP contribution in [0.25, 0.3) is 0 Å². The first-order valence-electron chi connectivity index (χ1n) is 8.70. The summed E-state index contributed by atoms with van der Waals surface area (Å²) in [7, 11) is 0. The lowest BCUT2D eigenvalue weighted by Gasteiger charge is -2.30. The van der Waals surface area contributed by atoms with Gasteiger partial charge in [-0.15, -0.1) is 0 Å². The zero-order chi connectivity index (χ0) is 13.1. The van der Waals surface area contributed by atoms with E-state index in [1.807, 2.05) is 4.90 Å². The molecule has 0 aromatic carbocycles. The van der Waals surface area contributed by atoms with Crippen LogP contribution in [-0.4, -0.2) is 19.6 Å². The van der Waals surface area contributed by atoms with Gasteiger partial charge in [0.2, 0.25) is 0 Å². The summed E-state index contributed by atoms with van der Waals surface area (Å²) in [4.78, 5) is 1.91. The number of nitrogens with one attached hydrogen (secondary N) is 1. The molecule has 2 atom stereocenters. The summed E-state index contributed by atoms with van der Waals surface area (Å²) in [6.07, 6.45) is 16.0. The second kappa shape index (κ2) is 13.4. The van der Waals surface area contributed by atoms with Crippen molar-refractivity contribution in [1.29, 1.82) is 0 Å². The van der Waals surface area contributed by atoms with Gasteiger partial charge in [-0.05, 0) is 32.1 Å². The molecule has 1 aliphatic rings. The third-order valence-corrected chi connectivity index (χ3v) is 4.57. The number of hydrogen-bond acceptors (Lipinski definition) is 0. The minimum Gasteiger partial charge on any atom is -1.00 e. The van der Waals surface area contributed by atoms with Crippen LogP contribution in [0.1, 0.15) is 84.5 Å². The van der Waals surface area contributed by atoms with E-state index in [-0.39, 0.29) is 17.0 Å². The quantitative estimate of drug-likeness (QED) is 0.565. The summed E-state index contributed by atoms with van der Waals surface area (Å²) in [5.41, 5.74) is 0. The molecule has 2 heteroatoms. The van der Waals surface area contributed by atoms with Gasteiger partial charge in [-0.2, -0.15) is 0 Å². The van der Waals surface area contributed by atoms with Crippen molar-refractivity contribution in [3.63, 3.8) is 0 Å². The second-order valence-corrected chi connectivity index (χ2v) is 6.37. The van der Waals surface area contributed by atoms with E-state index in [0.717, 1.165) is 5.92 Å². The molecule has 1 heterocycles. The zero-order valence-corrected chi connectivity index (χ0v) is 14.9. The summed E-state index contributed by atoms with van der Waals surface area (Å²) in [6, 6.07) is 0. The summed E-state index contributed by atoms with van der Waals surface area (Å²) in [5, 5.41) is 0. The lowest BCUT2D eigenvalue weighted by Crippen LogP contribution is -3.13. The number of halogens is 1.